The number of nitrogens with zero attached hydrogens (tertiary/aromatic N) is 1. The van der Waals surface area contributed by atoms with E-state index in [0.29, 0.717) is 46.8 Å². The number of rotatable bonds is 7. The maximum Gasteiger partial charge on any atom is 0.270 e. The Labute approximate surface area is 199 Å². The van der Waals surface area contributed by atoms with Crippen LogP contribution in [0.3, 0.4) is 0 Å². The molecule has 1 unspecified atom stereocenters. The molecule has 1 heterocycles. The Balaban J connectivity index is 2.02. The van der Waals surface area contributed by atoms with E-state index >= 15 is 0 Å². The zero-order valence-corrected chi connectivity index (χ0v) is 20.1. The third-order valence-corrected chi connectivity index (χ3v) is 5.87. The lowest BCUT2D eigenvalue weighted by atomic mass is 10.00. The molecule has 0 aliphatic carbocycles. The molecule has 1 fully saturated rings. The molecule has 2 amide bonds. The standard InChI is InChI=1S/C25H29ClN2O5/c1-16-8-7-11-28(15-16)25(30)20(27-24(29)18-9-5-6-10-19(18)26)12-17-13-21(31-2)23(33-4)22(14-17)32-3/h5-6,9-10,12-14,16H,7-8,11,15H2,1-4H3,(H,27,29)/b20-12-. The van der Waals surface area contributed by atoms with Crippen molar-refractivity contribution in [2.75, 3.05) is 34.4 Å². The number of amides is 2. The van der Waals surface area contributed by atoms with Crippen molar-refractivity contribution >= 4 is 29.5 Å². The molecule has 2 aromatic carbocycles. The van der Waals surface area contributed by atoms with Crippen LogP contribution in [-0.4, -0.2) is 51.1 Å². The van der Waals surface area contributed by atoms with Crippen molar-refractivity contribution in [1.82, 2.24) is 10.2 Å². The van der Waals surface area contributed by atoms with Crippen LogP contribution in [0.2, 0.25) is 5.02 Å². The first-order chi connectivity index (χ1) is 15.9. The van der Waals surface area contributed by atoms with Crippen LogP contribution >= 0.6 is 11.6 Å². The highest BCUT2D eigenvalue weighted by Crippen LogP contribution is 2.38. The fourth-order valence-electron chi connectivity index (χ4n) is 3.88. The Bertz CT molecular complexity index is 1030. The van der Waals surface area contributed by atoms with Crippen LogP contribution in [-0.2, 0) is 4.79 Å². The summed E-state index contributed by atoms with van der Waals surface area (Å²) in [6.45, 7) is 3.38. The molecule has 1 atom stereocenters. The van der Waals surface area contributed by atoms with E-state index in [1.54, 1.807) is 47.4 Å². The van der Waals surface area contributed by atoms with E-state index in [0.717, 1.165) is 12.8 Å². The first kappa shape index (κ1) is 24.5. The highest BCUT2D eigenvalue weighted by molar-refractivity contribution is 6.34. The molecule has 33 heavy (non-hydrogen) atoms. The number of nitrogens with one attached hydrogen (secondary N) is 1. The summed E-state index contributed by atoms with van der Waals surface area (Å²) >= 11 is 6.20. The molecule has 0 bridgehead atoms. The van der Waals surface area contributed by atoms with Crippen LogP contribution in [0.1, 0.15) is 35.7 Å². The number of halogens is 1. The monoisotopic (exact) mass is 472 g/mol. The van der Waals surface area contributed by atoms with Crippen molar-refractivity contribution in [3.63, 3.8) is 0 Å². The third kappa shape index (κ3) is 5.79. The number of methoxy groups -OCH3 is 3. The van der Waals surface area contributed by atoms with Gasteiger partial charge in [0.25, 0.3) is 11.8 Å². The van der Waals surface area contributed by atoms with Crippen molar-refractivity contribution in [3.8, 4) is 17.2 Å². The quantitative estimate of drug-likeness (QED) is 0.604. The lowest BCUT2D eigenvalue weighted by Gasteiger charge is -2.31. The smallest absolute Gasteiger partial charge is 0.270 e. The average molecular weight is 473 g/mol. The predicted molar refractivity (Wildman–Crippen MR) is 128 cm³/mol. The van der Waals surface area contributed by atoms with Crippen LogP contribution in [0.4, 0.5) is 0 Å². The Morgan fingerprint density at radius 1 is 1.09 bits per heavy atom. The minimum Gasteiger partial charge on any atom is -0.493 e. The number of ether oxygens (including phenoxy) is 3. The molecule has 0 aromatic heterocycles. The summed E-state index contributed by atoms with van der Waals surface area (Å²) < 4.78 is 16.2. The van der Waals surface area contributed by atoms with Crippen molar-refractivity contribution in [3.05, 3.63) is 58.2 Å². The van der Waals surface area contributed by atoms with E-state index in [1.165, 1.54) is 21.3 Å². The molecule has 1 saturated heterocycles. The van der Waals surface area contributed by atoms with E-state index < -0.39 is 5.91 Å². The van der Waals surface area contributed by atoms with Gasteiger partial charge in [-0.15, -0.1) is 0 Å². The summed E-state index contributed by atoms with van der Waals surface area (Å²) in [7, 11) is 4.56. The summed E-state index contributed by atoms with van der Waals surface area (Å²) in [6.07, 6.45) is 3.60. The molecule has 0 saturated carbocycles. The second-order valence-corrected chi connectivity index (χ2v) is 8.36. The van der Waals surface area contributed by atoms with Crippen molar-refractivity contribution in [2.24, 2.45) is 5.92 Å². The van der Waals surface area contributed by atoms with E-state index in [9.17, 15) is 9.59 Å². The third-order valence-electron chi connectivity index (χ3n) is 5.54. The van der Waals surface area contributed by atoms with Crippen LogP contribution in [0.15, 0.2) is 42.1 Å². The van der Waals surface area contributed by atoms with E-state index in [-0.39, 0.29) is 17.2 Å². The van der Waals surface area contributed by atoms with Gasteiger partial charge in [-0.05, 0) is 54.7 Å². The first-order valence-corrected chi connectivity index (χ1v) is 11.1. The maximum absolute atomic E-state index is 13.5. The molecule has 2 aromatic rings. The lowest BCUT2D eigenvalue weighted by Crippen LogP contribution is -2.43. The number of likely N-dealkylation sites (tertiary alicyclic amines) is 1. The largest absolute Gasteiger partial charge is 0.493 e. The van der Waals surface area contributed by atoms with E-state index in [4.69, 9.17) is 25.8 Å². The van der Waals surface area contributed by atoms with Gasteiger partial charge in [-0.25, -0.2) is 0 Å². The normalized spacial score (nSPS) is 16.2. The topological polar surface area (TPSA) is 77.1 Å². The zero-order valence-electron chi connectivity index (χ0n) is 19.3. The lowest BCUT2D eigenvalue weighted by molar-refractivity contribution is -0.129. The number of carbonyl (C=O) groups excluding carboxylic acids is 2. The van der Waals surface area contributed by atoms with Gasteiger partial charge in [-0.3, -0.25) is 9.59 Å². The molecule has 1 aliphatic rings. The molecule has 0 radical (unpaired) electrons. The van der Waals surface area contributed by atoms with Crippen molar-refractivity contribution in [2.45, 2.75) is 19.8 Å². The van der Waals surface area contributed by atoms with Crippen LogP contribution < -0.4 is 19.5 Å². The number of piperidine rings is 1. The highest BCUT2D eigenvalue weighted by Gasteiger charge is 2.26. The molecule has 8 heteroatoms. The molecular formula is C25H29ClN2O5. The first-order valence-electron chi connectivity index (χ1n) is 10.7. The van der Waals surface area contributed by atoms with E-state index in [2.05, 4.69) is 12.2 Å². The average Bonchev–Trinajstić information content (AvgIpc) is 2.82. The Morgan fingerprint density at radius 2 is 1.76 bits per heavy atom. The minimum atomic E-state index is -0.460. The fraction of sp³-hybridized carbons (Fsp3) is 0.360. The summed E-state index contributed by atoms with van der Waals surface area (Å²) in [5, 5.41) is 3.08. The zero-order chi connectivity index (χ0) is 24.0. The van der Waals surface area contributed by atoms with Gasteiger partial charge in [-0.1, -0.05) is 30.7 Å². The number of benzene rings is 2. The number of carbonyl (C=O) groups is 2. The van der Waals surface area contributed by atoms with Gasteiger partial charge >= 0.3 is 0 Å². The molecule has 0 spiro atoms. The second kappa shape index (κ2) is 11.1. The van der Waals surface area contributed by atoms with Crippen LogP contribution in [0.5, 0.6) is 17.2 Å². The SMILES string of the molecule is COc1cc(/C=C(\NC(=O)c2ccccc2Cl)C(=O)N2CCCC(C)C2)cc(OC)c1OC. The molecule has 3 rings (SSSR count). The molecule has 1 N–H and O–H groups in total. The maximum atomic E-state index is 13.5. The predicted octanol–water partition coefficient (Wildman–Crippen LogP) is 4.40. The Morgan fingerprint density at radius 3 is 2.33 bits per heavy atom. The van der Waals surface area contributed by atoms with Gasteiger partial charge in [0, 0.05) is 13.1 Å². The van der Waals surface area contributed by atoms with Gasteiger partial charge in [0.1, 0.15) is 5.70 Å². The van der Waals surface area contributed by atoms with Gasteiger partial charge < -0.3 is 24.4 Å². The highest BCUT2D eigenvalue weighted by atomic mass is 35.5. The Hall–Kier alpha value is -3.19. The van der Waals surface area contributed by atoms with Crippen molar-refractivity contribution < 1.29 is 23.8 Å². The molecule has 7 nitrogen and oxygen atoms in total. The summed E-state index contributed by atoms with van der Waals surface area (Å²) in [5.74, 6) is 1.01. The van der Waals surface area contributed by atoms with Crippen LogP contribution in [0, 0.1) is 5.92 Å². The van der Waals surface area contributed by atoms with Crippen molar-refractivity contribution in [1.29, 1.82) is 0 Å². The molecule has 176 valence electrons. The number of hydrogen-bond acceptors (Lipinski definition) is 5. The second-order valence-electron chi connectivity index (χ2n) is 7.95. The molecular weight excluding hydrogens is 444 g/mol. The van der Waals surface area contributed by atoms with E-state index in [1.807, 2.05) is 0 Å². The van der Waals surface area contributed by atoms with Gasteiger partial charge in [0.15, 0.2) is 11.5 Å². The van der Waals surface area contributed by atoms with Gasteiger partial charge in [0.2, 0.25) is 5.75 Å². The van der Waals surface area contributed by atoms with Gasteiger partial charge in [-0.2, -0.15) is 0 Å². The number of hydrogen-bond donors (Lipinski definition) is 1. The summed E-state index contributed by atoms with van der Waals surface area (Å²) in [6, 6.07) is 10.1. The molecule has 1 aliphatic heterocycles. The summed E-state index contributed by atoms with van der Waals surface area (Å²) in [4.78, 5) is 28.2. The summed E-state index contributed by atoms with van der Waals surface area (Å²) in [5.41, 5.74) is 1.04. The van der Waals surface area contributed by atoms with Crippen LogP contribution in [0.25, 0.3) is 6.08 Å². The Kier molecular flexibility index (Phi) is 8.22. The minimum absolute atomic E-state index is 0.142. The fourth-order valence-corrected chi connectivity index (χ4v) is 4.10. The van der Waals surface area contributed by atoms with Gasteiger partial charge in [0.05, 0.1) is 31.9 Å².